The van der Waals surface area contributed by atoms with Crippen molar-refractivity contribution in [2.75, 3.05) is 13.2 Å². The molecule has 0 aliphatic heterocycles. The molecule has 0 aromatic heterocycles. The summed E-state index contributed by atoms with van der Waals surface area (Å²) < 4.78 is 19.3. The lowest BCUT2D eigenvalue weighted by Crippen LogP contribution is -2.27. The van der Waals surface area contributed by atoms with Crippen LogP contribution in [0, 0.1) is 19.7 Å². The van der Waals surface area contributed by atoms with E-state index in [2.05, 4.69) is 44.3 Å². The molecule has 0 fully saturated rings. The van der Waals surface area contributed by atoms with Crippen molar-refractivity contribution in [1.82, 2.24) is 5.32 Å². The average molecular weight is 287 g/mol. The Morgan fingerprint density at radius 3 is 2.57 bits per heavy atom. The molecule has 1 atom stereocenters. The molecule has 0 aliphatic rings. The fourth-order valence-electron chi connectivity index (χ4n) is 2.46. The van der Waals surface area contributed by atoms with Gasteiger partial charge in [0.05, 0.1) is 6.04 Å². The summed E-state index contributed by atoms with van der Waals surface area (Å²) in [5.74, 6) is -0.0291. The molecule has 1 N–H and O–H groups in total. The predicted octanol–water partition coefficient (Wildman–Crippen LogP) is 4.17. The second-order valence-corrected chi connectivity index (χ2v) is 5.21. The van der Waals surface area contributed by atoms with E-state index >= 15 is 0 Å². The normalized spacial score (nSPS) is 12.2. The summed E-state index contributed by atoms with van der Waals surface area (Å²) in [6.45, 7) is 7.46. The molecule has 0 aliphatic carbocycles. The van der Waals surface area contributed by atoms with E-state index < -0.39 is 0 Å². The standard InChI is InChI=1S/C18H22FNO/c1-4-20-17(15-10-9-13(2)11-14(15)3)12-21-18-8-6-5-7-16(18)19/h5-11,17,20H,4,12H2,1-3H3. The predicted molar refractivity (Wildman–Crippen MR) is 84.2 cm³/mol. The van der Waals surface area contributed by atoms with Gasteiger partial charge < -0.3 is 10.1 Å². The molecule has 2 nitrogen and oxygen atoms in total. The summed E-state index contributed by atoms with van der Waals surface area (Å²) in [6.07, 6.45) is 0. The zero-order valence-corrected chi connectivity index (χ0v) is 12.8. The maximum Gasteiger partial charge on any atom is 0.165 e. The van der Waals surface area contributed by atoms with Crippen molar-refractivity contribution < 1.29 is 9.13 Å². The highest BCUT2D eigenvalue weighted by Crippen LogP contribution is 2.22. The van der Waals surface area contributed by atoms with E-state index in [9.17, 15) is 4.39 Å². The van der Waals surface area contributed by atoms with E-state index in [-0.39, 0.29) is 11.9 Å². The Labute approximate surface area is 126 Å². The van der Waals surface area contributed by atoms with E-state index in [1.54, 1.807) is 18.2 Å². The minimum Gasteiger partial charge on any atom is -0.489 e. The van der Waals surface area contributed by atoms with Gasteiger partial charge in [-0.05, 0) is 43.7 Å². The maximum atomic E-state index is 13.6. The van der Waals surface area contributed by atoms with Crippen LogP contribution in [0.15, 0.2) is 42.5 Å². The molecule has 2 aromatic rings. The molecule has 112 valence electrons. The summed E-state index contributed by atoms with van der Waals surface area (Å²) in [5.41, 5.74) is 3.65. The van der Waals surface area contributed by atoms with Crippen LogP contribution < -0.4 is 10.1 Å². The summed E-state index contributed by atoms with van der Waals surface area (Å²) in [5, 5.41) is 3.40. The molecule has 0 amide bonds. The first-order valence-electron chi connectivity index (χ1n) is 7.29. The molecule has 3 heteroatoms. The molecule has 0 spiro atoms. The molecule has 0 radical (unpaired) electrons. The monoisotopic (exact) mass is 287 g/mol. The van der Waals surface area contributed by atoms with Gasteiger partial charge in [0.25, 0.3) is 0 Å². The van der Waals surface area contributed by atoms with Crippen molar-refractivity contribution in [3.05, 3.63) is 65.0 Å². The van der Waals surface area contributed by atoms with Gasteiger partial charge >= 0.3 is 0 Å². The minimum atomic E-state index is -0.326. The van der Waals surface area contributed by atoms with Crippen LogP contribution in [0.4, 0.5) is 4.39 Å². The topological polar surface area (TPSA) is 21.3 Å². The van der Waals surface area contributed by atoms with Crippen molar-refractivity contribution in [3.63, 3.8) is 0 Å². The van der Waals surface area contributed by atoms with Crippen molar-refractivity contribution >= 4 is 0 Å². The summed E-state index contributed by atoms with van der Waals surface area (Å²) in [7, 11) is 0. The van der Waals surface area contributed by atoms with Gasteiger partial charge in [-0.2, -0.15) is 0 Å². The largest absolute Gasteiger partial charge is 0.489 e. The molecule has 0 saturated heterocycles. The third kappa shape index (κ3) is 4.05. The lowest BCUT2D eigenvalue weighted by atomic mass is 9.99. The van der Waals surface area contributed by atoms with Crippen LogP contribution in [-0.2, 0) is 0 Å². The van der Waals surface area contributed by atoms with Crippen LogP contribution in [0.2, 0.25) is 0 Å². The minimum absolute atomic E-state index is 0.0511. The number of hydrogen-bond donors (Lipinski definition) is 1. The number of para-hydroxylation sites is 1. The van der Waals surface area contributed by atoms with Crippen molar-refractivity contribution in [3.8, 4) is 5.75 Å². The van der Waals surface area contributed by atoms with Crippen molar-refractivity contribution in [1.29, 1.82) is 0 Å². The Morgan fingerprint density at radius 1 is 1.14 bits per heavy atom. The maximum absolute atomic E-state index is 13.6. The first-order valence-corrected chi connectivity index (χ1v) is 7.29. The van der Waals surface area contributed by atoms with E-state index in [0.29, 0.717) is 12.4 Å². The highest BCUT2D eigenvalue weighted by atomic mass is 19.1. The third-order valence-corrected chi connectivity index (χ3v) is 3.49. The summed E-state index contributed by atoms with van der Waals surface area (Å²) in [4.78, 5) is 0. The molecule has 2 rings (SSSR count). The lowest BCUT2D eigenvalue weighted by Gasteiger charge is -2.21. The first kappa shape index (κ1) is 15.5. The fourth-order valence-corrected chi connectivity index (χ4v) is 2.46. The number of hydrogen-bond acceptors (Lipinski definition) is 2. The fraction of sp³-hybridized carbons (Fsp3) is 0.333. The van der Waals surface area contributed by atoms with Gasteiger partial charge in [0.15, 0.2) is 11.6 Å². The number of likely N-dealkylation sites (N-methyl/N-ethyl adjacent to an activating group) is 1. The zero-order valence-electron chi connectivity index (χ0n) is 12.8. The van der Waals surface area contributed by atoms with Crippen LogP contribution in [0.3, 0.4) is 0 Å². The van der Waals surface area contributed by atoms with E-state index in [1.807, 2.05) is 0 Å². The zero-order chi connectivity index (χ0) is 15.2. The molecule has 0 saturated carbocycles. The quantitative estimate of drug-likeness (QED) is 0.861. The highest BCUT2D eigenvalue weighted by molar-refractivity contribution is 5.33. The molecule has 2 aromatic carbocycles. The molecular formula is C18H22FNO. The number of benzene rings is 2. The Balaban J connectivity index is 2.14. The van der Waals surface area contributed by atoms with Gasteiger partial charge in [-0.3, -0.25) is 0 Å². The Bertz CT molecular complexity index is 598. The van der Waals surface area contributed by atoms with Crippen LogP contribution in [0.5, 0.6) is 5.75 Å². The Morgan fingerprint density at radius 2 is 1.90 bits per heavy atom. The second-order valence-electron chi connectivity index (χ2n) is 5.21. The number of nitrogens with one attached hydrogen (secondary N) is 1. The Kier molecular flexibility index (Phi) is 5.34. The smallest absolute Gasteiger partial charge is 0.165 e. The molecule has 0 bridgehead atoms. The molecule has 0 heterocycles. The molecular weight excluding hydrogens is 265 g/mol. The summed E-state index contributed by atoms with van der Waals surface area (Å²) in [6, 6.07) is 12.9. The summed E-state index contributed by atoms with van der Waals surface area (Å²) >= 11 is 0. The van der Waals surface area contributed by atoms with E-state index in [1.165, 1.54) is 22.8 Å². The van der Waals surface area contributed by atoms with Crippen molar-refractivity contribution in [2.24, 2.45) is 0 Å². The van der Waals surface area contributed by atoms with Crippen molar-refractivity contribution in [2.45, 2.75) is 26.8 Å². The van der Waals surface area contributed by atoms with Gasteiger partial charge in [-0.15, -0.1) is 0 Å². The second kappa shape index (κ2) is 7.23. The number of halogens is 1. The average Bonchev–Trinajstić information content (AvgIpc) is 2.45. The van der Waals surface area contributed by atoms with Gasteiger partial charge in [0, 0.05) is 0 Å². The number of rotatable bonds is 6. The number of ether oxygens (including phenoxy) is 1. The van der Waals surface area contributed by atoms with E-state index in [4.69, 9.17) is 4.74 Å². The lowest BCUT2D eigenvalue weighted by molar-refractivity contribution is 0.257. The van der Waals surface area contributed by atoms with Crippen LogP contribution in [0.25, 0.3) is 0 Å². The SMILES string of the molecule is CCNC(COc1ccccc1F)c1ccc(C)cc1C. The van der Waals surface area contributed by atoms with Gasteiger partial charge in [-0.1, -0.05) is 42.8 Å². The molecule has 1 unspecified atom stereocenters. The van der Waals surface area contributed by atoms with Crippen LogP contribution in [0.1, 0.15) is 29.7 Å². The van der Waals surface area contributed by atoms with Gasteiger partial charge in [0.1, 0.15) is 6.61 Å². The van der Waals surface area contributed by atoms with Gasteiger partial charge in [-0.25, -0.2) is 4.39 Å². The van der Waals surface area contributed by atoms with Crippen LogP contribution >= 0.6 is 0 Å². The Hall–Kier alpha value is -1.87. The third-order valence-electron chi connectivity index (χ3n) is 3.49. The molecule has 21 heavy (non-hydrogen) atoms. The van der Waals surface area contributed by atoms with E-state index in [0.717, 1.165) is 6.54 Å². The van der Waals surface area contributed by atoms with Crippen LogP contribution in [-0.4, -0.2) is 13.2 Å². The van der Waals surface area contributed by atoms with Gasteiger partial charge in [0.2, 0.25) is 0 Å². The first-order chi connectivity index (χ1) is 10.1. The number of aryl methyl sites for hydroxylation is 2. The highest BCUT2D eigenvalue weighted by Gasteiger charge is 2.14.